The molecule has 1 aliphatic carbocycles. The number of aliphatic carboxylic acids is 4. The SMILES string of the molecule is O=C([O-])CC1C(C(=O)O)CC(C(=O)O)C1C(=O)O. The van der Waals surface area contributed by atoms with Crippen molar-refractivity contribution in [3.8, 4) is 0 Å². The lowest BCUT2D eigenvalue weighted by Gasteiger charge is -2.21. The van der Waals surface area contributed by atoms with Gasteiger partial charge in [-0.3, -0.25) is 14.4 Å². The van der Waals surface area contributed by atoms with Crippen LogP contribution in [0.15, 0.2) is 0 Å². The van der Waals surface area contributed by atoms with Crippen molar-refractivity contribution in [3.63, 3.8) is 0 Å². The molecule has 1 saturated carbocycles. The lowest BCUT2D eigenvalue weighted by atomic mass is 9.84. The van der Waals surface area contributed by atoms with Gasteiger partial charge < -0.3 is 25.2 Å². The highest BCUT2D eigenvalue weighted by Gasteiger charge is 2.52. The molecule has 18 heavy (non-hydrogen) atoms. The Kier molecular flexibility index (Phi) is 3.89. The highest BCUT2D eigenvalue weighted by Crippen LogP contribution is 2.44. The van der Waals surface area contributed by atoms with Gasteiger partial charge in [-0.25, -0.2) is 0 Å². The molecule has 0 radical (unpaired) electrons. The molecule has 1 fully saturated rings. The van der Waals surface area contributed by atoms with Crippen LogP contribution < -0.4 is 5.11 Å². The standard InChI is InChI=1S/C10H12O8/c11-6(12)2-3-4(8(13)14)1-5(9(15)16)7(3)10(17)18/h3-5,7H,1-2H2,(H,11,12)(H,13,14)(H,15,16)(H,17,18)/p-1. The van der Waals surface area contributed by atoms with Crippen LogP contribution in [-0.2, 0) is 19.2 Å². The van der Waals surface area contributed by atoms with E-state index in [4.69, 9.17) is 15.3 Å². The summed E-state index contributed by atoms with van der Waals surface area (Å²) in [6.45, 7) is 0. The van der Waals surface area contributed by atoms with Crippen LogP contribution in [0.4, 0.5) is 0 Å². The molecule has 0 aromatic heterocycles. The van der Waals surface area contributed by atoms with Crippen LogP contribution >= 0.6 is 0 Å². The molecule has 4 atom stereocenters. The summed E-state index contributed by atoms with van der Waals surface area (Å²) in [6, 6.07) is 0. The zero-order valence-electron chi connectivity index (χ0n) is 9.11. The monoisotopic (exact) mass is 259 g/mol. The number of carbonyl (C=O) groups is 4. The average Bonchev–Trinajstić information content (AvgIpc) is 2.56. The Morgan fingerprint density at radius 3 is 1.78 bits per heavy atom. The minimum atomic E-state index is -1.59. The third-order valence-corrected chi connectivity index (χ3v) is 3.24. The van der Waals surface area contributed by atoms with Crippen molar-refractivity contribution in [2.75, 3.05) is 0 Å². The van der Waals surface area contributed by atoms with Crippen LogP contribution in [0.25, 0.3) is 0 Å². The Morgan fingerprint density at radius 2 is 1.44 bits per heavy atom. The summed E-state index contributed by atoms with van der Waals surface area (Å²) in [4.78, 5) is 43.4. The Bertz CT molecular complexity index is 401. The Labute approximate surface area is 101 Å². The van der Waals surface area contributed by atoms with E-state index >= 15 is 0 Å². The zero-order chi connectivity index (χ0) is 14.0. The largest absolute Gasteiger partial charge is 0.550 e. The van der Waals surface area contributed by atoms with E-state index < -0.39 is 54.0 Å². The van der Waals surface area contributed by atoms with Gasteiger partial charge in [-0.15, -0.1) is 0 Å². The number of carboxylic acids is 4. The van der Waals surface area contributed by atoms with Gasteiger partial charge in [-0.1, -0.05) is 0 Å². The van der Waals surface area contributed by atoms with Crippen LogP contribution in [0.5, 0.6) is 0 Å². The summed E-state index contributed by atoms with van der Waals surface area (Å²) in [7, 11) is 0. The van der Waals surface area contributed by atoms with E-state index in [1.54, 1.807) is 0 Å². The molecule has 0 amide bonds. The number of rotatable bonds is 5. The molecule has 8 nitrogen and oxygen atoms in total. The van der Waals surface area contributed by atoms with Crippen LogP contribution in [0.3, 0.4) is 0 Å². The van der Waals surface area contributed by atoms with Crippen molar-refractivity contribution >= 4 is 23.9 Å². The van der Waals surface area contributed by atoms with Crippen molar-refractivity contribution in [1.82, 2.24) is 0 Å². The molecule has 3 N–H and O–H groups in total. The third kappa shape index (κ3) is 2.58. The maximum Gasteiger partial charge on any atom is 0.307 e. The minimum Gasteiger partial charge on any atom is -0.550 e. The van der Waals surface area contributed by atoms with E-state index in [0.29, 0.717) is 0 Å². The Hall–Kier alpha value is -2.12. The topological polar surface area (TPSA) is 152 Å². The third-order valence-electron chi connectivity index (χ3n) is 3.24. The van der Waals surface area contributed by atoms with E-state index in [2.05, 4.69) is 0 Å². The first-order chi connectivity index (χ1) is 8.25. The van der Waals surface area contributed by atoms with Gasteiger partial charge in [0.25, 0.3) is 0 Å². The van der Waals surface area contributed by atoms with Gasteiger partial charge in [-0.2, -0.15) is 0 Å². The highest BCUT2D eigenvalue weighted by atomic mass is 16.4. The number of carbonyl (C=O) groups excluding carboxylic acids is 1. The maximum absolute atomic E-state index is 11.0. The fourth-order valence-electron chi connectivity index (χ4n) is 2.50. The predicted octanol–water partition coefficient (Wildman–Crippen LogP) is -1.75. The number of hydrogen-bond donors (Lipinski definition) is 3. The van der Waals surface area contributed by atoms with E-state index in [9.17, 15) is 24.3 Å². The summed E-state index contributed by atoms with van der Waals surface area (Å²) in [5.74, 6) is -11.4. The molecule has 0 aromatic carbocycles. The van der Waals surface area contributed by atoms with Gasteiger partial charge >= 0.3 is 17.9 Å². The van der Waals surface area contributed by atoms with Crippen molar-refractivity contribution in [2.24, 2.45) is 23.7 Å². The van der Waals surface area contributed by atoms with Crippen LogP contribution in [0, 0.1) is 23.7 Å². The molecular formula is C10H11O8-. The second kappa shape index (κ2) is 5.03. The molecule has 4 unspecified atom stereocenters. The normalized spacial score (nSPS) is 30.9. The summed E-state index contributed by atoms with van der Waals surface area (Å²) >= 11 is 0. The zero-order valence-corrected chi connectivity index (χ0v) is 9.11. The first-order valence-electron chi connectivity index (χ1n) is 5.14. The molecule has 100 valence electrons. The van der Waals surface area contributed by atoms with Crippen molar-refractivity contribution in [1.29, 1.82) is 0 Å². The van der Waals surface area contributed by atoms with Gasteiger partial charge in [0.05, 0.1) is 17.8 Å². The lowest BCUT2D eigenvalue weighted by Crippen LogP contribution is -2.35. The first-order valence-corrected chi connectivity index (χ1v) is 5.14. The summed E-state index contributed by atoms with van der Waals surface area (Å²) < 4.78 is 0. The molecule has 0 aromatic rings. The minimum absolute atomic E-state index is 0.389. The average molecular weight is 259 g/mol. The van der Waals surface area contributed by atoms with E-state index in [0.717, 1.165) is 0 Å². The molecule has 0 aliphatic heterocycles. The second-order valence-electron chi connectivity index (χ2n) is 4.23. The number of hydrogen-bond acceptors (Lipinski definition) is 5. The molecule has 0 heterocycles. The maximum atomic E-state index is 11.0. The smallest absolute Gasteiger partial charge is 0.307 e. The van der Waals surface area contributed by atoms with E-state index in [1.807, 2.05) is 0 Å². The molecule has 0 bridgehead atoms. The summed E-state index contributed by atoms with van der Waals surface area (Å²) in [6.07, 6.45) is -1.17. The summed E-state index contributed by atoms with van der Waals surface area (Å²) in [5, 5.41) is 37.2. The molecule has 1 rings (SSSR count). The van der Waals surface area contributed by atoms with Crippen molar-refractivity contribution < 1.29 is 39.6 Å². The van der Waals surface area contributed by atoms with Crippen molar-refractivity contribution in [3.05, 3.63) is 0 Å². The molecular weight excluding hydrogens is 248 g/mol. The summed E-state index contributed by atoms with van der Waals surface area (Å²) in [5.41, 5.74) is 0. The van der Waals surface area contributed by atoms with Gasteiger partial charge in [0, 0.05) is 5.97 Å². The molecule has 1 aliphatic rings. The van der Waals surface area contributed by atoms with E-state index in [1.165, 1.54) is 0 Å². The van der Waals surface area contributed by atoms with Crippen LogP contribution in [0.1, 0.15) is 12.8 Å². The number of carboxylic acid groups (broad SMARTS) is 4. The van der Waals surface area contributed by atoms with E-state index in [-0.39, 0.29) is 6.42 Å². The molecule has 0 saturated heterocycles. The quantitative estimate of drug-likeness (QED) is 0.525. The second-order valence-corrected chi connectivity index (χ2v) is 4.23. The van der Waals surface area contributed by atoms with Gasteiger partial charge in [-0.05, 0) is 18.8 Å². The highest BCUT2D eigenvalue weighted by molar-refractivity contribution is 5.85. The lowest BCUT2D eigenvalue weighted by molar-refractivity contribution is -0.307. The Morgan fingerprint density at radius 1 is 0.944 bits per heavy atom. The Balaban J connectivity index is 3.10. The van der Waals surface area contributed by atoms with Gasteiger partial charge in [0.1, 0.15) is 0 Å². The molecule has 8 heteroatoms. The van der Waals surface area contributed by atoms with Gasteiger partial charge in [0.2, 0.25) is 0 Å². The first kappa shape index (κ1) is 13.9. The van der Waals surface area contributed by atoms with Crippen molar-refractivity contribution in [2.45, 2.75) is 12.8 Å². The predicted molar refractivity (Wildman–Crippen MR) is 51.1 cm³/mol. The van der Waals surface area contributed by atoms with Crippen LogP contribution in [0.2, 0.25) is 0 Å². The fourth-order valence-corrected chi connectivity index (χ4v) is 2.50. The fraction of sp³-hybridized carbons (Fsp3) is 0.600. The van der Waals surface area contributed by atoms with Crippen LogP contribution in [-0.4, -0.2) is 39.2 Å². The van der Waals surface area contributed by atoms with Gasteiger partial charge in [0.15, 0.2) is 0 Å². The molecule has 0 spiro atoms.